The molecule has 0 radical (unpaired) electrons. The van der Waals surface area contributed by atoms with Crippen LogP contribution in [0.15, 0.2) is 23.4 Å². The fourth-order valence-electron chi connectivity index (χ4n) is 2.38. The third-order valence-corrected chi connectivity index (χ3v) is 3.64. The number of nitrogens with zero attached hydrogens (tertiary/aromatic N) is 2. The molecular formula is C13H16ClN3O3. The van der Waals surface area contributed by atoms with Gasteiger partial charge in [0.15, 0.2) is 5.84 Å². The zero-order chi connectivity index (χ0) is 14.7. The van der Waals surface area contributed by atoms with Crippen molar-refractivity contribution in [2.24, 2.45) is 10.9 Å². The molecule has 6 nitrogen and oxygen atoms in total. The number of carbonyl (C=O) groups excluding carboxylic acids is 1. The lowest BCUT2D eigenvalue weighted by Gasteiger charge is -2.35. The first kappa shape index (κ1) is 14.5. The van der Waals surface area contributed by atoms with Gasteiger partial charge in [-0.3, -0.25) is 4.79 Å². The number of phenolic OH excluding ortho intramolecular Hbond substituents is 1. The summed E-state index contributed by atoms with van der Waals surface area (Å²) >= 11 is 5.86. The lowest BCUT2D eigenvalue weighted by Crippen LogP contribution is -2.50. The minimum Gasteiger partial charge on any atom is -0.507 e. The van der Waals surface area contributed by atoms with E-state index in [1.807, 2.05) is 0 Å². The Labute approximate surface area is 121 Å². The van der Waals surface area contributed by atoms with Crippen molar-refractivity contribution < 1.29 is 15.1 Å². The zero-order valence-corrected chi connectivity index (χ0v) is 11.5. The summed E-state index contributed by atoms with van der Waals surface area (Å²) in [7, 11) is 0. The van der Waals surface area contributed by atoms with Gasteiger partial charge < -0.3 is 20.9 Å². The molecule has 108 valence electrons. The van der Waals surface area contributed by atoms with Crippen molar-refractivity contribution in [3.63, 3.8) is 0 Å². The summed E-state index contributed by atoms with van der Waals surface area (Å²) in [4.78, 5) is 14.0. The van der Waals surface area contributed by atoms with Gasteiger partial charge in [-0.2, -0.15) is 0 Å². The molecule has 0 aromatic heterocycles. The molecule has 2 rings (SSSR count). The van der Waals surface area contributed by atoms with Crippen LogP contribution in [0.2, 0.25) is 5.02 Å². The van der Waals surface area contributed by atoms with Crippen LogP contribution >= 0.6 is 11.6 Å². The summed E-state index contributed by atoms with van der Waals surface area (Å²) in [6, 6.07) is 3.83. The van der Waals surface area contributed by atoms with Crippen molar-refractivity contribution >= 4 is 23.3 Å². The Morgan fingerprint density at radius 3 is 2.90 bits per heavy atom. The van der Waals surface area contributed by atoms with Crippen LogP contribution in [-0.2, 0) is 0 Å². The lowest BCUT2D eigenvalue weighted by molar-refractivity contribution is 0.0673. The van der Waals surface area contributed by atoms with Crippen molar-refractivity contribution in [1.29, 1.82) is 0 Å². The summed E-state index contributed by atoms with van der Waals surface area (Å²) in [5.41, 5.74) is 5.76. The fourth-order valence-corrected chi connectivity index (χ4v) is 2.56. The summed E-state index contributed by atoms with van der Waals surface area (Å²) in [5.74, 6) is -0.510. The number of benzene rings is 1. The SMILES string of the molecule is NC(=NO)C1CCCCN1C(=O)c1cc(Cl)ccc1O. The van der Waals surface area contributed by atoms with E-state index >= 15 is 0 Å². The van der Waals surface area contributed by atoms with E-state index in [9.17, 15) is 9.90 Å². The van der Waals surface area contributed by atoms with E-state index in [4.69, 9.17) is 22.5 Å². The molecule has 1 unspecified atom stereocenters. The topological polar surface area (TPSA) is 99.2 Å². The lowest BCUT2D eigenvalue weighted by atomic mass is 9.99. The van der Waals surface area contributed by atoms with E-state index in [0.717, 1.165) is 12.8 Å². The Balaban J connectivity index is 2.32. The highest BCUT2D eigenvalue weighted by molar-refractivity contribution is 6.31. The number of carbonyl (C=O) groups is 1. The van der Waals surface area contributed by atoms with Crippen LogP contribution in [0.1, 0.15) is 29.6 Å². The van der Waals surface area contributed by atoms with Gasteiger partial charge in [-0.05, 0) is 37.5 Å². The summed E-state index contributed by atoms with van der Waals surface area (Å²) < 4.78 is 0. The first-order valence-corrected chi connectivity index (χ1v) is 6.69. The number of hydrogen-bond donors (Lipinski definition) is 3. The Hall–Kier alpha value is -1.95. The zero-order valence-electron chi connectivity index (χ0n) is 10.8. The number of halogens is 1. The summed E-state index contributed by atoms with van der Waals surface area (Å²) in [5, 5.41) is 22.0. The summed E-state index contributed by atoms with van der Waals surface area (Å²) in [6.07, 6.45) is 2.36. The molecule has 20 heavy (non-hydrogen) atoms. The number of amidine groups is 1. The largest absolute Gasteiger partial charge is 0.507 e. The number of piperidine rings is 1. The van der Waals surface area contributed by atoms with E-state index in [0.29, 0.717) is 18.0 Å². The smallest absolute Gasteiger partial charge is 0.258 e. The van der Waals surface area contributed by atoms with Gasteiger partial charge in [-0.15, -0.1) is 0 Å². The average molecular weight is 298 g/mol. The molecule has 1 amide bonds. The monoisotopic (exact) mass is 297 g/mol. The highest BCUT2D eigenvalue weighted by Crippen LogP contribution is 2.26. The third kappa shape index (κ3) is 2.80. The third-order valence-electron chi connectivity index (χ3n) is 3.41. The standard InChI is InChI=1S/C13H16ClN3O3/c14-8-4-5-11(18)9(7-8)13(19)17-6-2-1-3-10(17)12(15)16-20/h4-5,7,10,18,20H,1-3,6H2,(H2,15,16). The maximum atomic E-state index is 12.5. The van der Waals surface area contributed by atoms with E-state index in [1.165, 1.54) is 23.1 Å². The second-order valence-electron chi connectivity index (χ2n) is 4.70. The number of aromatic hydroxyl groups is 1. The van der Waals surface area contributed by atoms with E-state index in [2.05, 4.69) is 5.16 Å². The number of hydrogen-bond acceptors (Lipinski definition) is 4. The first-order chi connectivity index (χ1) is 9.54. The Kier molecular flexibility index (Phi) is 4.34. The molecule has 0 saturated carbocycles. The second-order valence-corrected chi connectivity index (χ2v) is 5.13. The molecule has 1 fully saturated rings. The van der Waals surface area contributed by atoms with Crippen LogP contribution in [0.3, 0.4) is 0 Å². The Bertz CT molecular complexity index is 548. The van der Waals surface area contributed by atoms with Crippen molar-refractivity contribution in [1.82, 2.24) is 4.90 Å². The maximum absolute atomic E-state index is 12.5. The van der Waals surface area contributed by atoms with Crippen molar-refractivity contribution in [2.75, 3.05) is 6.54 Å². The first-order valence-electron chi connectivity index (χ1n) is 6.31. The van der Waals surface area contributed by atoms with Gasteiger partial charge in [0.25, 0.3) is 5.91 Å². The van der Waals surface area contributed by atoms with Gasteiger partial charge in [-0.1, -0.05) is 16.8 Å². The van der Waals surface area contributed by atoms with E-state index < -0.39 is 6.04 Å². The van der Waals surface area contributed by atoms with Crippen molar-refractivity contribution in [3.05, 3.63) is 28.8 Å². The molecule has 1 atom stereocenters. The molecule has 1 heterocycles. The van der Waals surface area contributed by atoms with Crippen LogP contribution in [-0.4, -0.2) is 39.5 Å². The number of nitrogens with two attached hydrogens (primary N) is 1. The van der Waals surface area contributed by atoms with Gasteiger partial charge >= 0.3 is 0 Å². The molecule has 1 aliphatic heterocycles. The van der Waals surface area contributed by atoms with E-state index in [-0.39, 0.29) is 23.1 Å². The highest BCUT2D eigenvalue weighted by atomic mass is 35.5. The Morgan fingerprint density at radius 1 is 1.45 bits per heavy atom. The van der Waals surface area contributed by atoms with Crippen LogP contribution in [0, 0.1) is 0 Å². The van der Waals surface area contributed by atoms with Crippen molar-refractivity contribution in [3.8, 4) is 5.75 Å². The molecule has 0 spiro atoms. The van der Waals surface area contributed by atoms with Crippen LogP contribution in [0.5, 0.6) is 5.75 Å². The number of rotatable bonds is 2. The number of likely N-dealkylation sites (tertiary alicyclic amines) is 1. The predicted octanol–water partition coefficient (Wildman–Crippen LogP) is 1.79. The second kappa shape index (κ2) is 6.00. The highest BCUT2D eigenvalue weighted by Gasteiger charge is 2.31. The van der Waals surface area contributed by atoms with Crippen LogP contribution in [0.4, 0.5) is 0 Å². The number of oxime groups is 1. The molecule has 1 saturated heterocycles. The quantitative estimate of drug-likeness (QED) is 0.335. The Morgan fingerprint density at radius 2 is 2.20 bits per heavy atom. The molecule has 4 N–H and O–H groups in total. The van der Waals surface area contributed by atoms with Crippen LogP contribution < -0.4 is 5.73 Å². The van der Waals surface area contributed by atoms with Gasteiger partial charge in [0.05, 0.1) is 11.6 Å². The minimum absolute atomic E-state index is 0.000400. The average Bonchev–Trinajstić information content (AvgIpc) is 2.48. The molecular weight excluding hydrogens is 282 g/mol. The molecule has 1 aromatic carbocycles. The van der Waals surface area contributed by atoms with E-state index in [1.54, 1.807) is 0 Å². The van der Waals surface area contributed by atoms with Gasteiger partial charge in [0, 0.05) is 11.6 Å². The maximum Gasteiger partial charge on any atom is 0.258 e. The van der Waals surface area contributed by atoms with Gasteiger partial charge in [0.2, 0.25) is 0 Å². The molecule has 0 aliphatic carbocycles. The molecule has 7 heteroatoms. The molecule has 1 aliphatic rings. The normalized spacial score (nSPS) is 19.9. The fraction of sp³-hybridized carbons (Fsp3) is 0.385. The van der Waals surface area contributed by atoms with Gasteiger partial charge in [0.1, 0.15) is 5.75 Å². The van der Waals surface area contributed by atoms with Crippen LogP contribution in [0.25, 0.3) is 0 Å². The van der Waals surface area contributed by atoms with Gasteiger partial charge in [-0.25, -0.2) is 0 Å². The predicted molar refractivity (Wildman–Crippen MR) is 75.2 cm³/mol. The molecule has 1 aromatic rings. The number of phenols is 1. The molecule has 0 bridgehead atoms. The number of amides is 1. The van der Waals surface area contributed by atoms with Crippen molar-refractivity contribution in [2.45, 2.75) is 25.3 Å². The minimum atomic E-state index is -0.459. The summed E-state index contributed by atoms with van der Waals surface area (Å²) in [6.45, 7) is 0.492.